The highest BCUT2D eigenvalue weighted by molar-refractivity contribution is 5.95. The van der Waals surface area contributed by atoms with E-state index < -0.39 is 0 Å². The molecule has 2 heteroatoms. The van der Waals surface area contributed by atoms with Crippen molar-refractivity contribution < 1.29 is 9.90 Å². The molecule has 0 aliphatic rings. The predicted molar refractivity (Wildman–Crippen MR) is 31.6 cm³/mol. The second kappa shape index (κ2) is 3.02. The molecule has 0 aliphatic carbocycles. The second-order valence-electron chi connectivity index (χ2n) is 1.34. The summed E-state index contributed by atoms with van der Waals surface area (Å²) in [6.45, 7) is 4.67. The van der Waals surface area contributed by atoms with Gasteiger partial charge in [-0.3, -0.25) is 4.79 Å². The van der Waals surface area contributed by atoms with Crippen molar-refractivity contribution >= 4 is 5.78 Å². The minimum absolute atomic E-state index is 0.178. The van der Waals surface area contributed by atoms with Gasteiger partial charge in [-0.15, -0.1) is 0 Å². The Bertz CT molecular complexity index is 133. The summed E-state index contributed by atoms with van der Waals surface area (Å²) < 4.78 is 0. The van der Waals surface area contributed by atoms with Gasteiger partial charge >= 0.3 is 0 Å². The summed E-state index contributed by atoms with van der Waals surface area (Å²) in [5, 5.41) is 8.24. The topological polar surface area (TPSA) is 37.3 Å². The molecule has 2 nitrogen and oxygen atoms in total. The quantitative estimate of drug-likeness (QED) is 0.331. The number of carbonyl (C=O) groups excluding carboxylic acids is 1. The van der Waals surface area contributed by atoms with E-state index in [0.29, 0.717) is 0 Å². The molecular weight excluding hydrogens is 104 g/mol. The third-order valence-corrected chi connectivity index (χ3v) is 0.766. The van der Waals surface area contributed by atoms with Gasteiger partial charge in [0.2, 0.25) is 0 Å². The average Bonchev–Trinajstić information content (AvgIpc) is 1.69. The van der Waals surface area contributed by atoms with Crippen LogP contribution in [0, 0.1) is 0 Å². The molecule has 8 heavy (non-hydrogen) atoms. The van der Waals surface area contributed by atoms with E-state index in [2.05, 4.69) is 6.58 Å². The Morgan fingerprint density at radius 2 is 2.25 bits per heavy atom. The van der Waals surface area contributed by atoms with Crippen LogP contribution < -0.4 is 0 Å². The number of hydrogen-bond acceptors (Lipinski definition) is 2. The summed E-state index contributed by atoms with van der Waals surface area (Å²) in [5.41, 5.74) is 0.241. The number of aliphatic hydroxyl groups is 1. The molecule has 0 saturated carbocycles. The van der Waals surface area contributed by atoms with Gasteiger partial charge in [0.15, 0.2) is 5.78 Å². The maximum absolute atomic E-state index is 10.3. The van der Waals surface area contributed by atoms with Crippen molar-refractivity contribution in [1.29, 1.82) is 0 Å². The highest BCUT2D eigenvalue weighted by atomic mass is 16.2. The van der Waals surface area contributed by atoms with E-state index in [1.165, 1.54) is 13.0 Å². The molecule has 1 N–H and O–H groups in total. The molecule has 0 aromatic heterocycles. The molecule has 0 rings (SSSR count). The first-order valence-corrected chi connectivity index (χ1v) is 2.20. The molecule has 0 aliphatic heterocycles. The van der Waals surface area contributed by atoms with Crippen LogP contribution >= 0.6 is 0 Å². The van der Waals surface area contributed by atoms with Crippen molar-refractivity contribution in [1.82, 2.24) is 0 Å². The fraction of sp³-hybridized carbons (Fsp3) is 0.167. The summed E-state index contributed by atoms with van der Waals surface area (Å²) in [6.07, 6.45) is 2.05. The van der Waals surface area contributed by atoms with Gasteiger partial charge in [-0.1, -0.05) is 12.7 Å². The van der Waals surface area contributed by atoms with Crippen molar-refractivity contribution in [3.8, 4) is 0 Å². The molecule has 0 bridgehead atoms. The van der Waals surface area contributed by atoms with Gasteiger partial charge in [0.1, 0.15) is 0 Å². The van der Waals surface area contributed by atoms with Crippen LogP contribution in [0.25, 0.3) is 0 Å². The molecule has 0 atom stereocenters. The molecule has 0 radical (unpaired) electrons. The smallest absolute Gasteiger partial charge is 0.162 e. The molecule has 0 heterocycles. The van der Waals surface area contributed by atoms with Crippen LogP contribution in [0.3, 0.4) is 0 Å². The van der Waals surface area contributed by atoms with Gasteiger partial charge in [0.05, 0.1) is 11.8 Å². The van der Waals surface area contributed by atoms with Crippen molar-refractivity contribution in [3.05, 3.63) is 24.5 Å². The number of ketones is 1. The molecule has 0 amide bonds. The summed E-state index contributed by atoms with van der Waals surface area (Å²) in [4.78, 5) is 10.3. The summed E-state index contributed by atoms with van der Waals surface area (Å²) in [5.74, 6) is -0.178. The van der Waals surface area contributed by atoms with Crippen LogP contribution in [0.15, 0.2) is 24.5 Å². The summed E-state index contributed by atoms with van der Waals surface area (Å²) >= 11 is 0. The predicted octanol–water partition coefficient (Wildman–Crippen LogP) is 1.20. The Morgan fingerprint density at radius 1 is 1.75 bits per heavy atom. The lowest BCUT2D eigenvalue weighted by Crippen LogP contribution is -1.91. The molecule has 0 aromatic rings. The third-order valence-electron chi connectivity index (χ3n) is 0.766. The molecular formula is C6H8O2. The number of Topliss-reactive ketones (excluding diaryl/α,β-unsaturated/α-hetero) is 1. The van der Waals surface area contributed by atoms with Crippen LogP contribution in [-0.2, 0) is 4.79 Å². The Labute approximate surface area is 48.1 Å². The van der Waals surface area contributed by atoms with Gasteiger partial charge in [0.25, 0.3) is 0 Å². The van der Waals surface area contributed by atoms with E-state index in [9.17, 15) is 4.79 Å². The highest BCUT2D eigenvalue weighted by Crippen LogP contribution is 1.93. The zero-order chi connectivity index (χ0) is 6.57. The van der Waals surface area contributed by atoms with E-state index in [1.807, 2.05) is 0 Å². The van der Waals surface area contributed by atoms with Crippen LogP contribution in [0.1, 0.15) is 6.92 Å². The molecule has 44 valence electrons. The van der Waals surface area contributed by atoms with Crippen LogP contribution in [-0.4, -0.2) is 10.9 Å². The van der Waals surface area contributed by atoms with Crippen molar-refractivity contribution in [2.24, 2.45) is 0 Å². The number of carbonyl (C=O) groups is 1. The fourth-order valence-corrected chi connectivity index (χ4v) is 0.287. The fourth-order valence-electron chi connectivity index (χ4n) is 0.287. The zero-order valence-corrected chi connectivity index (χ0v) is 4.72. The van der Waals surface area contributed by atoms with Gasteiger partial charge in [-0.2, -0.15) is 0 Å². The first-order chi connectivity index (χ1) is 3.72. The maximum atomic E-state index is 10.3. The lowest BCUT2D eigenvalue weighted by atomic mass is 10.2. The molecule has 0 aromatic carbocycles. The van der Waals surface area contributed by atoms with E-state index >= 15 is 0 Å². The Balaban J connectivity index is 4.13. The molecule has 0 saturated heterocycles. The Kier molecular flexibility index (Phi) is 2.62. The van der Waals surface area contributed by atoms with E-state index in [0.717, 1.165) is 6.26 Å². The number of hydrogen-bond donors (Lipinski definition) is 1. The standard InChI is InChI=1S/C6H8O2/c1-3-6(4-7)5(2)8/h3-4,7H,1H2,2H3/b6-4+. The first kappa shape index (κ1) is 6.95. The van der Waals surface area contributed by atoms with Crippen molar-refractivity contribution in [2.45, 2.75) is 6.92 Å². The minimum Gasteiger partial charge on any atom is -0.515 e. The number of allylic oxidation sites excluding steroid dienone is 2. The summed E-state index contributed by atoms with van der Waals surface area (Å²) in [6, 6.07) is 0. The monoisotopic (exact) mass is 112 g/mol. The number of aliphatic hydroxyl groups excluding tert-OH is 1. The largest absolute Gasteiger partial charge is 0.515 e. The van der Waals surface area contributed by atoms with Crippen LogP contribution in [0.4, 0.5) is 0 Å². The van der Waals surface area contributed by atoms with Crippen molar-refractivity contribution in [2.75, 3.05) is 0 Å². The summed E-state index contributed by atoms with van der Waals surface area (Å²) in [7, 11) is 0. The van der Waals surface area contributed by atoms with Gasteiger partial charge in [-0.05, 0) is 6.92 Å². The SMILES string of the molecule is C=C/C(=C\O)C(C)=O. The van der Waals surface area contributed by atoms with E-state index in [4.69, 9.17) is 5.11 Å². The van der Waals surface area contributed by atoms with E-state index in [1.54, 1.807) is 0 Å². The lowest BCUT2D eigenvalue weighted by Gasteiger charge is -1.87. The lowest BCUT2D eigenvalue weighted by molar-refractivity contribution is -0.113. The Morgan fingerprint density at radius 3 is 2.25 bits per heavy atom. The van der Waals surface area contributed by atoms with Gasteiger partial charge in [0, 0.05) is 0 Å². The first-order valence-electron chi connectivity index (χ1n) is 2.20. The molecule has 0 fully saturated rings. The van der Waals surface area contributed by atoms with Crippen LogP contribution in [0.5, 0.6) is 0 Å². The van der Waals surface area contributed by atoms with Crippen LogP contribution in [0.2, 0.25) is 0 Å². The van der Waals surface area contributed by atoms with Gasteiger partial charge < -0.3 is 5.11 Å². The minimum atomic E-state index is -0.178. The maximum Gasteiger partial charge on any atom is 0.162 e. The third kappa shape index (κ3) is 1.60. The zero-order valence-electron chi connectivity index (χ0n) is 4.72. The molecule has 0 unspecified atom stereocenters. The van der Waals surface area contributed by atoms with E-state index in [-0.39, 0.29) is 11.4 Å². The van der Waals surface area contributed by atoms with Gasteiger partial charge in [-0.25, -0.2) is 0 Å². The number of rotatable bonds is 2. The highest BCUT2D eigenvalue weighted by Gasteiger charge is 1.94. The molecule has 0 spiro atoms. The average molecular weight is 112 g/mol. The Hall–Kier alpha value is -1.05. The second-order valence-corrected chi connectivity index (χ2v) is 1.34. The normalized spacial score (nSPS) is 10.9. The van der Waals surface area contributed by atoms with Crippen molar-refractivity contribution in [3.63, 3.8) is 0 Å².